The molecule has 0 aliphatic carbocycles. The predicted molar refractivity (Wildman–Crippen MR) is 71.4 cm³/mol. The van der Waals surface area contributed by atoms with Crippen molar-refractivity contribution in [3.8, 4) is 0 Å². The van der Waals surface area contributed by atoms with Crippen LogP contribution in [0.5, 0.6) is 0 Å². The molecule has 1 atom stereocenters. The Labute approximate surface area is 111 Å². The second kappa shape index (κ2) is 5.56. The lowest BCUT2D eigenvalue weighted by Crippen LogP contribution is -2.47. The van der Waals surface area contributed by atoms with Gasteiger partial charge in [-0.15, -0.1) is 5.10 Å². The number of hydrogen-bond acceptors (Lipinski definition) is 5. The van der Waals surface area contributed by atoms with E-state index in [1.165, 1.54) is 14.1 Å². The number of nitrogens with zero attached hydrogens (tertiary/aromatic N) is 4. The van der Waals surface area contributed by atoms with Crippen LogP contribution in [0, 0.1) is 0 Å². The van der Waals surface area contributed by atoms with Gasteiger partial charge in [-0.3, -0.25) is 9.36 Å². The Morgan fingerprint density at radius 3 is 2.68 bits per heavy atom. The molecule has 7 nitrogen and oxygen atoms in total. The number of aryl methyl sites for hydroxylation is 1. The SMILES string of the molecule is Cn1nc(N2CCCCCC2CO)c(=O)n(C)c1=O. The summed E-state index contributed by atoms with van der Waals surface area (Å²) in [6.07, 6.45) is 3.92. The maximum absolute atomic E-state index is 12.2. The van der Waals surface area contributed by atoms with Crippen LogP contribution in [0.15, 0.2) is 9.59 Å². The molecular formula is C12H20N4O3. The van der Waals surface area contributed by atoms with Crippen molar-refractivity contribution in [2.45, 2.75) is 31.7 Å². The average molecular weight is 268 g/mol. The average Bonchev–Trinajstić information content (AvgIpc) is 2.65. The van der Waals surface area contributed by atoms with Gasteiger partial charge >= 0.3 is 5.69 Å². The number of rotatable bonds is 2. The van der Waals surface area contributed by atoms with Gasteiger partial charge in [-0.2, -0.15) is 0 Å². The van der Waals surface area contributed by atoms with Gasteiger partial charge < -0.3 is 10.0 Å². The van der Waals surface area contributed by atoms with Gasteiger partial charge in [0.25, 0.3) is 5.56 Å². The third-order valence-electron chi connectivity index (χ3n) is 3.66. The molecule has 2 heterocycles. The van der Waals surface area contributed by atoms with E-state index in [9.17, 15) is 14.7 Å². The van der Waals surface area contributed by atoms with Crippen LogP contribution in [0.3, 0.4) is 0 Å². The molecule has 0 bridgehead atoms. The lowest BCUT2D eigenvalue weighted by molar-refractivity contribution is 0.254. The number of aliphatic hydroxyl groups excluding tert-OH is 1. The maximum Gasteiger partial charge on any atom is 0.346 e. The summed E-state index contributed by atoms with van der Waals surface area (Å²) in [6.45, 7) is 0.680. The molecule has 0 saturated carbocycles. The Balaban J connectivity index is 2.50. The molecule has 1 aliphatic rings. The summed E-state index contributed by atoms with van der Waals surface area (Å²) in [5, 5.41) is 13.6. The first kappa shape index (κ1) is 13.8. The summed E-state index contributed by atoms with van der Waals surface area (Å²) in [5.41, 5.74) is -0.840. The highest BCUT2D eigenvalue weighted by Gasteiger charge is 2.25. The van der Waals surface area contributed by atoms with Crippen LogP contribution in [0.25, 0.3) is 0 Å². The standard InChI is InChI=1S/C12H20N4O3/c1-14-11(18)10(13-15(2)12(14)19)16-7-5-3-4-6-9(16)8-17/h9,17H,3-8H2,1-2H3. The van der Waals surface area contributed by atoms with Crippen molar-refractivity contribution in [1.82, 2.24) is 14.3 Å². The van der Waals surface area contributed by atoms with Gasteiger partial charge in [0.1, 0.15) is 0 Å². The first-order valence-electron chi connectivity index (χ1n) is 6.58. The molecular weight excluding hydrogens is 248 g/mol. The number of aromatic nitrogens is 3. The fourth-order valence-electron chi connectivity index (χ4n) is 2.51. The Kier molecular flexibility index (Phi) is 4.04. The highest BCUT2D eigenvalue weighted by Crippen LogP contribution is 2.19. The number of anilines is 1. The van der Waals surface area contributed by atoms with E-state index in [2.05, 4.69) is 5.10 Å². The topological polar surface area (TPSA) is 80.4 Å². The summed E-state index contributed by atoms with van der Waals surface area (Å²) in [6, 6.07) is -0.0970. The van der Waals surface area contributed by atoms with Gasteiger partial charge in [-0.1, -0.05) is 12.8 Å². The Bertz CT molecular complexity index is 563. The van der Waals surface area contributed by atoms with Crippen LogP contribution >= 0.6 is 0 Å². The fourth-order valence-corrected chi connectivity index (χ4v) is 2.51. The quantitative estimate of drug-likeness (QED) is 0.761. The number of hydrogen-bond donors (Lipinski definition) is 1. The second-order valence-electron chi connectivity index (χ2n) is 4.97. The van der Waals surface area contributed by atoms with E-state index in [4.69, 9.17) is 0 Å². The molecule has 1 fully saturated rings. The molecule has 1 N–H and O–H groups in total. The largest absolute Gasteiger partial charge is 0.394 e. The fraction of sp³-hybridized carbons (Fsp3) is 0.750. The summed E-state index contributed by atoms with van der Waals surface area (Å²) < 4.78 is 2.22. The Morgan fingerprint density at radius 2 is 2.00 bits per heavy atom. The lowest BCUT2D eigenvalue weighted by atomic mass is 10.1. The minimum absolute atomic E-state index is 0.00627. The summed E-state index contributed by atoms with van der Waals surface area (Å²) in [5.74, 6) is 0.255. The first-order valence-corrected chi connectivity index (χ1v) is 6.58. The second-order valence-corrected chi connectivity index (χ2v) is 4.97. The smallest absolute Gasteiger partial charge is 0.346 e. The monoisotopic (exact) mass is 268 g/mol. The van der Waals surface area contributed by atoms with Crippen LogP contribution in [0.2, 0.25) is 0 Å². The molecule has 2 rings (SSSR count). The molecule has 1 aromatic rings. The number of aliphatic hydroxyl groups is 1. The molecule has 1 unspecified atom stereocenters. The van der Waals surface area contributed by atoms with Crippen LogP contribution < -0.4 is 16.1 Å². The van der Waals surface area contributed by atoms with E-state index in [-0.39, 0.29) is 18.5 Å². The zero-order valence-electron chi connectivity index (χ0n) is 11.4. The summed E-state index contributed by atoms with van der Waals surface area (Å²) in [7, 11) is 2.97. The molecule has 0 aromatic carbocycles. The van der Waals surface area contributed by atoms with Gasteiger partial charge in [0.15, 0.2) is 0 Å². The van der Waals surface area contributed by atoms with E-state index in [1.54, 1.807) is 0 Å². The van der Waals surface area contributed by atoms with E-state index < -0.39 is 11.2 Å². The van der Waals surface area contributed by atoms with Crippen LogP contribution in [0.1, 0.15) is 25.7 Å². The van der Waals surface area contributed by atoms with E-state index >= 15 is 0 Å². The van der Waals surface area contributed by atoms with Crippen LogP contribution in [0.4, 0.5) is 5.82 Å². The predicted octanol–water partition coefficient (Wildman–Crippen LogP) is -0.780. The van der Waals surface area contributed by atoms with Crippen molar-refractivity contribution < 1.29 is 5.11 Å². The van der Waals surface area contributed by atoms with Crippen molar-refractivity contribution in [3.63, 3.8) is 0 Å². The molecule has 0 spiro atoms. The maximum atomic E-state index is 12.2. The minimum atomic E-state index is -0.441. The van der Waals surface area contributed by atoms with Gasteiger partial charge in [-0.05, 0) is 12.8 Å². The van der Waals surface area contributed by atoms with Crippen molar-refractivity contribution in [1.29, 1.82) is 0 Å². The van der Waals surface area contributed by atoms with E-state index in [0.717, 1.165) is 34.9 Å². The Morgan fingerprint density at radius 1 is 1.26 bits per heavy atom. The minimum Gasteiger partial charge on any atom is -0.394 e. The van der Waals surface area contributed by atoms with Gasteiger partial charge in [-0.25, -0.2) is 9.48 Å². The van der Waals surface area contributed by atoms with Gasteiger partial charge in [0.05, 0.1) is 12.6 Å². The molecule has 0 amide bonds. The third-order valence-corrected chi connectivity index (χ3v) is 3.66. The summed E-state index contributed by atoms with van der Waals surface area (Å²) >= 11 is 0. The van der Waals surface area contributed by atoms with Crippen molar-refractivity contribution >= 4 is 5.82 Å². The lowest BCUT2D eigenvalue weighted by Gasteiger charge is -2.29. The molecule has 1 aliphatic heterocycles. The van der Waals surface area contributed by atoms with Gasteiger partial charge in [0.2, 0.25) is 5.82 Å². The van der Waals surface area contributed by atoms with Crippen LogP contribution in [-0.4, -0.2) is 38.6 Å². The van der Waals surface area contributed by atoms with E-state index in [0.29, 0.717) is 6.54 Å². The third kappa shape index (κ3) is 2.56. The van der Waals surface area contributed by atoms with Crippen molar-refractivity contribution in [2.75, 3.05) is 18.1 Å². The van der Waals surface area contributed by atoms with E-state index in [1.807, 2.05) is 4.90 Å². The zero-order chi connectivity index (χ0) is 14.0. The van der Waals surface area contributed by atoms with Crippen molar-refractivity contribution in [2.24, 2.45) is 14.1 Å². The van der Waals surface area contributed by atoms with Crippen LogP contribution in [-0.2, 0) is 14.1 Å². The molecule has 7 heteroatoms. The van der Waals surface area contributed by atoms with Crippen molar-refractivity contribution in [3.05, 3.63) is 20.8 Å². The molecule has 0 radical (unpaired) electrons. The van der Waals surface area contributed by atoms with Gasteiger partial charge in [0, 0.05) is 20.6 Å². The molecule has 19 heavy (non-hydrogen) atoms. The molecule has 1 saturated heterocycles. The molecule has 106 valence electrons. The normalized spacial score (nSPS) is 20.4. The molecule has 1 aromatic heterocycles. The summed E-state index contributed by atoms with van der Waals surface area (Å²) in [4.78, 5) is 25.7. The highest BCUT2D eigenvalue weighted by atomic mass is 16.3. The highest BCUT2D eigenvalue weighted by molar-refractivity contribution is 5.36. The zero-order valence-corrected chi connectivity index (χ0v) is 11.4. The Hall–Kier alpha value is -1.63. The first-order chi connectivity index (χ1) is 9.06.